The van der Waals surface area contributed by atoms with Crippen molar-refractivity contribution in [3.63, 3.8) is 0 Å². The van der Waals surface area contributed by atoms with Gasteiger partial charge in [-0.05, 0) is 37.0 Å². The van der Waals surface area contributed by atoms with E-state index in [1.165, 1.54) is 7.11 Å². The number of carbonyl (C=O) groups excluding carboxylic acids is 2. The summed E-state index contributed by atoms with van der Waals surface area (Å²) in [4.78, 5) is 46.4. The summed E-state index contributed by atoms with van der Waals surface area (Å²) in [6, 6.07) is 4.22. The molecule has 0 bridgehead atoms. The van der Waals surface area contributed by atoms with E-state index in [0.717, 1.165) is 10.9 Å². The van der Waals surface area contributed by atoms with Crippen LogP contribution >= 0.6 is 15.9 Å². The molecule has 1 aliphatic heterocycles. The molecule has 2 atom stereocenters. The van der Waals surface area contributed by atoms with Crippen molar-refractivity contribution in [3.05, 3.63) is 38.9 Å². The molecule has 1 aromatic heterocycles. The number of aromatic nitrogens is 2. The van der Waals surface area contributed by atoms with E-state index in [1.54, 1.807) is 23.1 Å². The second kappa shape index (κ2) is 8.30. The summed E-state index contributed by atoms with van der Waals surface area (Å²) in [5.74, 6) is 0.134. The minimum Gasteiger partial charge on any atom is -0.453 e. The summed E-state index contributed by atoms with van der Waals surface area (Å²) in [6.07, 6.45) is 0.835. The van der Waals surface area contributed by atoms with Crippen LogP contribution in [0, 0.1) is 5.92 Å². The lowest BCUT2D eigenvalue weighted by molar-refractivity contribution is -0.135. The molecule has 1 saturated heterocycles. The van der Waals surface area contributed by atoms with Gasteiger partial charge in [0.25, 0.3) is 5.56 Å². The van der Waals surface area contributed by atoms with Gasteiger partial charge in [-0.2, -0.15) is 0 Å². The Labute approximate surface area is 170 Å². The number of halogens is 1. The molecule has 1 fully saturated rings. The number of likely N-dealkylation sites (tertiary alicyclic amines) is 1. The van der Waals surface area contributed by atoms with Gasteiger partial charge in [-0.25, -0.2) is 9.78 Å². The number of hydrogen-bond acceptors (Lipinski definition) is 5. The number of fused-ring (bicyclic) bond motifs is 1. The maximum Gasteiger partial charge on any atom is 0.407 e. The first-order valence-electron chi connectivity index (χ1n) is 9.16. The fraction of sp³-hybridized carbons (Fsp3) is 0.474. The first kappa shape index (κ1) is 20.3. The highest BCUT2D eigenvalue weighted by atomic mass is 79.9. The molecule has 0 radical (unpaired) electrons. The number of ether oxygens (including phenoxy) is 1. The number of hydrogen-bond donors (Lipinski definition) is 2. The summed E-state index contributed by atoms with van der Waals surface area (Å²) in [6.45, 7) is 4.25. The third-order valence-electron chi connectivity index (χ3n) is 4.93. The van der Waals surface area contributed by atoms with E-state index in [9.17, 15) is 14.4 Å². The van der Waals surface area contributed by atoms with Gasteiger partial charge in [0.1, 0.15) is 11.9 Å². The van der Waals surface area contributed by atoms with Crippen molar-refractivity contribution < 1.29 is 14.3 Å². The molecule has 2 heterocycles. The number of methoxy groups -OCH3 is 1. The zero-order chi connectivity index (χ0) is 20.4. The monoisotopic (exact) mass is 450 g/mol. The molecule has 150 valence electrons. The second-order valence-corrected chi connectivity index (χ2v) is 8.08. The highest BCUT2D eigenvalue weighted by Gasteiger charge is 2.37. The smallest absolute Gasteiger partial charge is 0.407 e. The Kier molecular flexibility index (Phi) is 6.02. The third kappa shape index (κ3) is 4.04. The molecule has 2 N–H and O–H groups in total. The number of amides is 2. The summed E-state index contributed by atoms with van der Waals surface area (Å²) < 4.78 is 5.47. The van der Waals surface area contributed by atoms with Gasteiger partial charge in [0, 0.05) is 11.0 Å². The maximum atomic E-state index is 13.2. The molecule has 9 heteroatoms. The molecule has 0 spiro atoms. The fourth-order valence-corrected chi connectivity index (χ4v) is 3.83. The normalized spacial score (nSPS) is 17.8. The first-order valence-corrected chi connectivity index (χ1v) is 9.95. The van der Waals surface area contributed by atoms with Crippen molar-refractivity contribution in [2.45, 2.75) is 38.8 Å². The minimum absolute atomic E-state index is 0.118. The van der Waals surface area contributed by atoms with Gasteiger partial charge in [-0.15, -0.1) is 0 Å². The Morgan fingerprint density at radius 1 is 1.39 bits per heavy atom. The van der Waals surface area contributed by atoms with Gasteiger partial charge in [0.15, 0.2) is 0 Å². The molecule has 2 aromatic rings. The Balaban J connectivity index is 1.94. The lowest BCUT2D eigenvalue weighted by Gasteiger charge is -2.30. The van der Waals surface area contributed by atoms with Gasteiger partial charge < -0.3 is 19.9 Å². The van der Waals surface area contributed by atoms with E-state index in [2.05, 4.69) is 36.0 Å². The van der Waals surface area contributed by atoms with E-state index in [1.807, 2.05) is 13.8 Å². The van der Waals surface area contributed by atoms with E-state index in [4.69, 9.17) is 0 Å². The van der Waals surface area contributed by atoms with Crippen LogP contribution < -0.4 is 10.9 Å². The fourth-order valence-electron chi connectivity index (χ4n) is 3.48. The predicted octanol–water partition coefficient (Wildman–Crippen LogP) is 2.73. The predicted molar refractivity (Wildman–Crippen MR) is 108 cm³/mol. The molecule has 2 amide bonds. The SMILES string of the molecule is COC(=O)NC(C(=O)N1CCCC1c1nc2cc(Br)ccc2c(=O)[nH]1)C(C)C. The Hall–Kier alpha value is -2.42. The van der Waals surface area contributed by atoms with Gasteiger partial charge in [-0.1, -0.05) is 29.8 Å². The van der Waals surface area contributed by atoms with Gasteiger partial charge in [0.05, 0.1) is 24.1 Å². The van der Waals surface area contributed by atoms with Crippen molar-refractivity contribution in [3.8, 4) is 0 Å². The lowest BCUT2D eigenvalue weighted by Crippen LogP contribution is -2.51. The van der Waals surface area contributed by atoms with Crippen LogP contribution in [0.25, 0.3) is 10.9 Å². The highest BCUT2D eigenvalue weighted by molar-refractivity contribution is 9.10. The van der Waals surface area contributed by atoms with Crippen molar-refractivity contribution in [2.24, 2.45) is 5.92 Å². The Morgan fingerprint density at radius 2 is 2.14 bits per heavy atom. The molecule has 1 aliphatic rings. The standard InChI is InChI=1S/C19H23BrN4O4/c1-10(2)15(22-19(27)28-3)18(26)24-8-4-5-14(24)16-21-13-9-11(20)6-7-12(13)17(25)23-16/h6-7,9-10,14-15H,4-5,8H2,1-3H3,(H,22,27)(H,21,23,25). The molecule has 0 aliphatic carbocycles. The number of rotatable bonds is 4. The molecular weight excluding hydrogens is 428 g/mol. The van der Waals surface area contributed by atoms with E-state index in [0.29, 0.717) is 29.7 Å². The number of H-pyrrole nitrogens is 1. The molecular formula is C19H23BrN4O4. The average Bonchev–Trinajstić information content (AvgIpc) is 3.14. The van der Waals surface area contributed by atoms with Gasteiger partial charge >= 0.3 is 6.09 Å². The number of aromatic amines is 1. The Bertz CT molecular complexity index is 959. The minimum atomic E-state index is -0.714. The summed E-state index contributed by atoms with van der Waals surface area (Å²) >= 11 is 3.40. The molecule has 3 rings (SSSR count). The number of nitrogens with one attached hydrogen (secondary N) is 2. The van der Waals surface area contributed by atoms with Crippen molar-refractivity contribution in [2.75, 3.05) is 13.7 Å². The van der Waals surface area contributed by atoms with Gasteiger partial charge in [-0.3, -0.25) is 9.59 Å². The number of benzene rings is 1. The number of carbonyl (C=O) groups is 2. The lowest BCUT2D eigenvalue weighted by atomic mass is 10.0. The third-order valence-corrected chi connectivity index (χ3v) is 5.42. The zero-order valence-corrected chi connectivity index (χ0v) is 17.6. The highest BCUT2D eigenvalue weighted by Crippen LogP contribution is 2.31. The summed E-state index contributed by atoms with van der Waals surface area (Å²) in [5, 5.41) is 3.11. The van der Waals surface area contributed by atoms with Crippen molar-refractivity contribution >= 4 is 38.8 Å². The van der Waals surface area contributed by atoms with Crippen molar-refractivity contribution in [1.82, 2.24) is 20.2 Å². The number of alkyl carbamates (subject to hydrolysis) is 1. The topological polar surface area (TPSA) is 104 Å². The van der Waals surface area contributed by atoms with E-state index >= 15 is 0 Å². The molecule has 0 saturated carbocycles. The van der Waals surface area contributed by atoms with Crippen LogP contribution in [0.5, 0.6) is 0 Å². The summed E-state index contributed by atoms with van der Waals surface area (Å²) in [7, 11) is 1.26. The molecule has 1 aromatic carbocycles. The first-order chi connectivity index (χ1) is 13.3. The van der Waals surface area contributed by atoms with E-state index in [-0.39, 0.29) is 23.4 Å². The van der Waals surface area contributed by atoms with Crippen molar-refractivity contribution in [1.29, 1.82) is 0 Å². The van der Waals surface area contributed by atoms with Crippen LogP contribution in [0.15, 0.2) is 27.5 Å². The van der Waals surface area contributed by atoms with Crippen LogP contribution in [-0.2, 0) is 9.53 Å². The average molecular weight is 451 g/mol. The molecule has 28 heavy (non-hydrogen) atoms. The maximum absolute atomic E-state index is 13.2. The van der Waals surface area contributed by atoms with E-state index < -0.39 is 12.1 Å². The van der Waals surface area contributed by atoms with Crippen LogP contribution in [0.3, 0.4) is 0 Å². The number of nitrogens with zero attached hydrogens (tertiary/aromatic N) is 2. The largest absolute Gasteiger partial charge is 0.453 e. The zero-order valence-electron chi connectivity index (χ0n) is 16.0. The Morgan fingerprint density at radius 3 is 2.82 bits per heavy atom. The van der Waals surface area contributed by atoms with Crippen LogP contribution in [0.4, 0.5) is 4.79 Å². The van der Waals surface area contributed by atoms with Crippen LogP contribution in [0.1, 0.15) is 38.6 Å². The molecule has 2 unspecified atom stereocenters. The second-order valence-electron chi connectivity index (χ2n) is 7.16. The quantitative estimate of drug-likeness (QED) is 0.744. The summed E-state index contributed by atoms with van der Waals surface area (Å²) in [5.41, 5.74) is 0.334. The van der Waals surface area contributed by atoms with Crippen LogP contribution in [0.2, 0.25) is 0 Å². The van der Waals surface area contributed by atoms with Crippen LogP contribution in [-0.4, -0.2) is 46.6 Å². The van der Waals surface area contributed by atoms with Gasteiger partial charge in [0.2, 0.25) is 5.91 Å². The molecule has 8 nitrogen and oxygen atoms in total.